The van der Waals surface area contributed by atoms with Crippen LogP contribution < -0.4 is 5.32 Å². The zero-order valence-electron chi connectivity index (χ0n) is 13.0. The first-order valence-electron chi connectivity index (χ1n) is 7.50. The first-order valence-corrected chi connectivity index (χ1v) is 8.49. The monoisotopic (exact) mass is 325 g/mol. The molecule has 0 aliphatic carbocycles. The van der Waals surface area contributed by atoms with Crippen LogP contribution in [0.3, 0.4) is 0 Å². The molecular formula is C15H23N3O3S. The van der Waals surface area contributed by atoms with Gasteiger partial charge in [0, 0.05) is 13.1 Å². The molecule has 0 unspecified atom stereocenters. The summed E-state index contributed by atoms with van der Waals surface area (Å²) in [5.74, 6) is -0.725. The molecule has 7 heteroatoms. The van der Waals surface area contributed by atoms with Crippen LogP contribution in [0.4, 0.5) is 0 Å². The quantitative estimate of drug-likeness (QED) is 0.398. The summed E-state index contributed by atoms with van der Waals surface area (Å²) in [6.07, 6.45) is 5.55. The fraction of sp³-hybridized carbons (Fsp3) is 0.600. The van der Waals surface area contributed by atoms with E-state index < -0.39 is 5.91 Å². The number of carbonyl (C=O) groups excluding carboxylic acids is 3. The van der Waals surface area contributed by atoms with Crippen molar-refractivity contribution in [3.8, 4) is 0 Å². The Morgan fingerprint density at radius 3 is 2.86 bits per heavy atom. The van der Waals surface area contributed by atoms with Crippen LogP contribution in [0.5, 0.6) is 0 Å². The predicted octanol–water partition coefficient (Wildman–Crippen LogP) is 1.72. The summed E-state index contributed by atoms with van der Waals surface area (Å²) in [5.41, 5.74) is 0. The van der Waals surface area contributed by atoms with E-state index in [4.69, 9.17) is 0 Å². The topological polar surface area (TPSA) is 78.8 Å². The highest BCUT2D eigenvalue weighted by molar-refractivity contribution is 8.14. The number of aliphatic imine (C=N–C) groups is 1. The van der Waals surface area contributed by atoms with E-state index in [-0.39, 0.29) is 24.0 Å². The molecule has 1 aliphatic heterocycles. The van der Waals surface area contributed by atoms with Gasteiger partial charge in [-0.25, -0.2) is 0 Å². The number of nitrogens with one attached hydrogen (secondary N) is 1. The largest absolute Gasteiger partial charge is 0.352 e. The summed E-state index contributed by atoms with van der Waals surface area (Å²) in [7, 11) is 0. The van der Waals surface area contributed by atoms with Gasteiger partial charge in [0.25, 0.3) is 5.91 Å². The minimum atomic E-state index is -0.441. The Morgan fingerprint density at radius 1 is 1.41 bits per heavy atom. The van der Waals surface area contributed by atoms with Gasteiger partial charge in [-0.2, -0.15) is 4.99 Å². The number of unbranched alkanes of at least 4 members (excludes halogenated alkanes) is 3. The number of nitrogens with zero attached hydrogens (tertiary/aromatic N) is 2. The van der Waals surface area contributed by atoms with Crippen molar-refractivity contribution in [3.05, 3.63) is 12.7 Å². The van der Waals surface area contributed by atoms with E-state index in [1.807, 2.05) is 0 Å². The molecule has 6 nitrogen and oxygen atoms in total. The summed E-state index contributed by atoms with van der Waals surface area (Å²) < 4.78 is 0. The summed E-state index contributed by atoms with van der Waals surface area (Å²) in [6, 6.07) is 0. The highest BCUT2D eigenvalue weighted by atomic mass is 32.2. The molecule has 0 atom stereocenters. The van der Waals surface area contributed by atoms with Crippen molar-refractivity contribution >= 4 is 34.7 Å². The average Bonchev–Trinajstić information content (AvgIpc) is 2.48. The second-order valence-corrected chi connectivity index (χ2v) is 5.89. The maximum absolute atomic E-state index is 12.0. The van der Waals surface area contributed by atoms with Crippen LogP contribution >= 0.6 is 11.8 Å². The number of rotatable bonds is 9. The Balaban J connectivity index is 2.56. The highest BCUT2D eigenvalue weighted by Crippen LogP contribution is 2.17. The molecule has 3 amide bonds. The van der Waals surface area contributed by atoms with E-state index in [0.717, 1.165) is 37.4 Å². The van der Waals surface area contributed by atoms with Gasteiger partial charge >= 0.3 is 0 Å². The van der Waals surface area contributed by atoms with Crippen molar-refractivity contribution in [1.82, 2.24) is 10.2 Å². The van der Waals surface area contributed by atoms with Crippen molar-refractivity contribution in [2.45, 2.75) is 39.0 Å². The molecule has 122 valence electrons. The molecule has 1 N–H and O–H groups in total. The van der Waals surface area contributed by atoms with Gasteiger partial charge in [-0.3, -0.25) is 19.3 Å². The van der Waals surface area contributed by atoms with Crippen LogP contribution in [0.2, 0.25) is 0 Å². The molecule has 0 bridgehead atoms. The van der Waals surface area contributed by atoms with E-state index in [9.17, 15) is 14.4 Å². The minimum Gasteiger partial charge on any atom is -0.352 e. The van der Waals surface area contributed by atoms with Crippen LogP contribution in [0, 0.1) is 0 Å². The SMILES string of the molecule is C=CCNC(=O)CSC1=NC(=O)CC(=O)N1CCCCCC. The molecule has 1 heterocycles. The number of thioether (sulfide) groups is 1. The average molecular weight is 325 g/mol. The second-order valence-electron chi connectivity index (χ2n) is 4.95. The van der Waals surface area contributed by atoms with Crippen LogP contribution in [0.15, 0.2) is 17.6 Å². The number of amidine groups is 1. The minimum absolute atomic E-state index is 0.124. The van der Waals surface area contributed by atoms with E-state index in [0.29, 0.717) is 18.3 Å². The molecule has 1 rings (SSSR count). The highest BCUT2D eigenvalue weighted by Gasteiger charge is 2.28. The molecule has 1 aliphatic rings. The molecule has 0 saturated carbocycles. The lowest BCUT2D eigenvalue weighted by Crippen LogP contribution is -2.41. The summed E-state index contributed by atoms with van der Waals surface area (Å²) in [6.45, 7) is 6.58. The molecule has 0 aromatic rings. The molecule has 0 radical (unpaired) electrons. The number of hydrogen-bond acceptors (Lipinski definition) is 4. The lowest BCUT2D eigenvalue weighted by atomic mass is 10.2. The van der Waals surface area contributed by atoms with Gasteiger partial charge < -0.3 is 5.32 Å². The Kier molecular flexibility index (Phi) is 8.50. The number of carbonyl (C=O) groups is 3. The maximum Gasteiger partial charge on any atom is 0.257 e. The first-order chi connectivity index (χ1) is 10.6. The van der Waals surface area contributed by atoms with Gasteiger partial charge in [0.05, 0.1) is 5.75 Å². The predicted molar refractivity (Wildman–Crippen MR) is 88.6 cm³/mol. The third-order valence-electron chi connectivity index (χ3n) is 3.07. The molecule has 0 aromatic heterocycles. The molecule has 0 fully saturated rings. The lowest BCUT2D eigenvalue weighted by molar-refractivity contribution is -0.133. The van der Waals surface area contributed by atoms with E-state index in [1.165, 1.54) is 4.90 Å². The zero-order valence-corrected chi connectivity index (χ0v) is 13.8. The van der Waals surface area contributed by atoms with Crippen molar-refractivity contribution in [2.24, 2.45) is 4.99 Å². The van der Waals surface area contributed by atoms with Gasteiger partial charge in [-0.05, 0) is 6.42 Å². The third-order valence-corrected chi connectivity index (χ3v) is 4.04. The van der Waals surface area contributed by atoms with Gasteiger partial charge in [-0.1, -0.05) is 44.0 Å². The number of hydrogen-bond donors (Lipinski definition) is 1. The van der Waals surface area contributed by atoms with Crippen LogP contribution in [-0.4, -0.2) is 46.6 Å². The van der Waals surface area contributed by atoms with Gasteiger partial charge in [-0.15, -0.1) is 6.58 Å². The maximum atomic E-state index is 12.0. The number of amides is 3. The summed E-state index contributed by atoms with van der Waals surface area (Å²) in [4.78, 5) is 40.5. The van der Waals surface area contributed by atoms with Crippen molar-refractivity contribution in [2.75, 3.05) is 18.8 Å². The van der Waals surface area contributed by atoms with E-state index in [2.05, 4.69) is 23.8 Å². The van der Waals surface area contributed by atoms with Crippen molar-refractivity contribution in [1.29, 1.82) is 0 Å². The third kappa shape index (κ3) is 6.43. The molecule has 0 aromatic carbocycles. The Morgan fingerprint density at radius 2 is 2.18 bits per heavy atom. The van der Waals surface area contributed by atoms with Crippen molar-refractivity contribution in [3.63, 3.8) is 0 Å². The van der Waals surface area contributed by atoms with E-state index in [1.54, 1.807) is 6.08 Å². The van der Waals surface area contributed by atoms with Crippen LogP contribution in [0.1, 0.15) is 39.0 Å². The smallest absolute Gasteiger partial charge is 0.257 e. The van der Waals surface area contributed by atoms with Crippen LogP contribution in [0.25, 0.3) is 0 Å². The van der Waals surface area contributed by atoms with Crippen LogP contribution in [-0.2, 0) is 14.4 Å². The van der Waals surface area contributed by atoms with Gasteiger partial charge in [0.15, 0.2) is 5.17 Å². The lowest BCUT2D eigenvalue weighted by Gasteiger charge is -2.26. The van der Waals surface area contributed by atoms with E-state index >= 15 is 0 Å². The first kappa shape index (κ1) is 18.4. The molecule has 0 spiro atoms. The Labute approximate surface area is 135 Å². The molecule has 0 saturated heterocycles. The standard InChI is InChI=1S/C15H23N3O3S/c1-3-5-6-7-9-18-14(21)10-12(19)17-15(18)22-11-13(20)16-8-4-2/h4H,2-3,5-11H2,1H3,(H,16,20). The van der Waals surface area contributed by atoms with Gasteiger partial charge in [0.2, 0.25) is 11.8 Å². The van der Waals surface area contributed by atoms with Crippen molar-refractivity contribution < 1.29 is 14.4 Å². The van der Waals surface area contributed by atoms with Gasteiger partial charge in [0.1, 0.15) is 6.42 Å². The fourth-order valence-electron chi connectivity index (χ4n) is 1.93. The summed E-state index contributed by atoms with van der Waals surface area (Å²) >= 11 is 1.12. The Bertz CT molecular complexity index is 463. The summed E-state index contributed by atoms with van der Waals surface area (Å²) in [5, 5.41) is 2.99. The molecule has 22 heavy (non-hydrogen) atoms. The fourth-order valence-corrected chi connectivity index (χ4v) is 2.81. The Hall–Kier alpha value is -1.63. The normalized spacial score (nSPS) is 14.8. The molecular weight excluding hydrogens is 302 g/mol. The second kappa shape index (κ2) is 10.2. The zero-order chi connectivity index (χ0) is 16.4.